The van der Waals surface area contributed by atoms with Gasteiger partial charge in [-0.2, -0.15) is 13.2 Å². The summed E-state index contributed by atoms with van der Waals surface area (Å²) >= 11 is 1.26. The number of benzene rings is 2. The number of imidazole rings is 1. The van der Waals surface area contributed by atoms with Crippen molar-refractivity contribution in [3.05, 3.63) is 78.0 Å². The Morgan fingerprint density at radius 1 is 1.11 bits per heavy atom. The van der Waals surface area contributed by atoms with E-state index in [1.54, 1.807) is 41.1 Å². The molecule has 4 rings (SSSR count). The molecule has 0 aliphatic heterocycles. The summed E-state index contributed by atoms with van der Waals surface area (Å²) < 4.78 is 46.8. The van der Waals surface area contributed by atoms with Crippen molar-refractivity contribution in [1.29, 1.82) is 0 Å². The van der Waals surface area contributed by atoms with Crippen molar-refractivity contribution >= 4 is 34.5 Å². The van der Waals surface area contributed by atoms with E-state index in [2.05, 4.69) is 15.3 Å². The van der Waals surface area contributed by atoms with Crippen molar-refractivity contribution < 1.29 is 22.7 Å². The van der Waals surface area contributed by atoms with E-state index in [1.165, 1.54) is 17.8 Å². The molecule has 4 aromatic rings. The summed E-state index contributed by atoms with van der Waals surface area (Å²) in [6.07, 6.45) is -2.35. The van der Waals surface area contributed by atoms with Crippen LogP contribution in [0.2, 0.25) is 0 Å². The van der Waals surface area contributed by atoms with Crippen molar-refractivity contribution in [2.75, 3.05) is 11.9 Å². The third-order valence-electron chi connectivity index (χ3n) is 5.48. The summed E-state index contributed by atoms with van der Waals surface area (Å²) in [6, 6.07) is 15.3. The smallest absolute Gasteiger partial charge is 0.416 e. The number of thioether (sulfide) groups is 1. The molecule has 0 spiro atoms. The maximum atomic E-state index is 13.4. The predicted molar refractivity (Wildman–Crippen MR) is 134 cm³/mol. The van der Waals surface area contributed by atoms with E-state index in [4.69, 9.17) is 4.74 Å². The van der Waals surface area contributed by atoms with Crippen molar-refractivity contribution in [2.45, 2.75) is 43.4 Å². The number of halogens is 3. The summed E-state index contributed by atoms with van der Waals surface area (Å²) in [7, 11) is 0. The van der Waals surface area contributed by atoms with E-state index in [1.807, 2.05) is 26.0 Å². The Hall–Kier alpha value is -3.53. The highest BCUT2D eigenvalue weighted by Crippen LogP contribution is 2.34. The average Bonchev–Trinajstić information content (AvgIpc) is 3.22. The summed E-state index contributed by atoms with van der Waals surface area (Å²) in [5, 5.41) is 3.45. The molecule has 2 aromatic carbocycles. The fourth-order valence-corrected chi connectivity index (χ4v) is 4.82. The van der Waals surface area contributed by atoms with Crippen LogP contribution in [0.5, 0.6) is 5.75 Å². The van der Waals surface area contributed by atoms with Crippen LogP contribution in [0.3, 0.4) is 0 Å². The lowest BCUT2D eigenvalue weighted by molar-refractivity contribution is -0.137. The third kappa shape index (κ3) is 5.64. The van der Waals surface area contributed by atoms with Gasteiger partial charge in [-0.1, -0.05) is 49.0 Å². The molecule has 0 fully saturated rings. The van der Waals surface area contributed by atoms with Crippen LogP contribution < -0.4 is 10.1 Å². The molecule has 2 heterocycles. The zero-order valence-corrected chi connectivity index (χ0v) is 20.6. The zero-order valence-electron chi connectivity index (χ0n) is 19.7. The molecule has 0 saturated carbocycles. The molecule has 1 unspecified atom stereocenters. The number of carbonyl (C=O) groups is 1. The van der Waals surface area contributed by atoms with Crippen LogP contribution >= 0.6 is 11.8 Å². The zero-order chi connectivity index (χ0) is 25.7. The lowest BCUT2D eigenvalue weighted by atomic mass is 10.1. The van der Waals surface area contributed by atoms with Crippen LogP contribution in [0, 0.1) is 0 Å². The molecular formula is C26H25F3N4O2S. The minimum atomic E-state index is -4.42. The normalized spacial score (nSPS) is 12.5. The summed E-state index contributed by atoms with van der Waals surface area (Å²) in [5.41, 5.74) is 1.49. The third-order valence-corrected chi connectivity index (χ3v) is 6.51. The van der Waals surface area contributed by atoms with Crippen LogP contribution in [-0.4, -0.2) is 27.0 Å². The number of para-hydroxylation sites is 2. The molecule has 2 aromatic heterocycles. The highest BCUT2D eigenvalue weighted by atomic mass is 32.2. The van der Waals surface area contributed by atoms with Crippen molar-refractivity contribution in [2.24, 2.45) is 0 Å². The van der Waals surface area contributed by atoms with Crippen LogP contribution in [0.25, 0.3) is 11.2 Å². The molecule has 6 nitrogen and oxygen atoms in total. The molecule has 0 bridgehead atoms. The number of ether oxygens (including phenoxy) is 1. The monoisotopic (exact) mass is 514 g/mol. The minimum Gasteiger partial charge on any atom is -0.492 e. The van der Waals surface area contributed by atoms with Crippen molar-refractivity contribution in [3.63, 3.8) is 0 Å². The molecule has 0 aliphatic carbocycles. The largest absolute Gasteiger partial charge is 0.492 e. The lowest BCUT2D eigenvalue weighted by Crippen LogP contribution is -2.26. The number of hydrogen-bond acceptors (Lipinski definition) is 5. The summed E-state index contributed by atoms with van der Waals surface area (Å²) in [4.78, 5) is 22.5. The number of aromatic nitrogens is 3. The van der Waals surface area contributed by atoms with E-state index >= 15 is 0 Å². The number of anilines is 1. The van der Waals surface area contributed by atoms with E-state index in [0.29, 0.717) is 46.3 Å². The number of nitrogens with one attached hydrogen (secondary N) is 1. The second-order valence-corrected chi connectivity index (χ2v) is 8.88. The fraction of sp³-hybridized carbons (Fsp3) is 0.269. The fourth-order valence-electron chi connectivity index (χ4n) is 3.83. The van der Waals surface area contributed by atoms with Gasteiger partial charge in [-0.15, -0.1) is 0 Å². The first-order valence-electron chi connectivity index (χ1n) is 11.5. The molecular weight excluding hydrogens is 489 g/mol. The van der Waals surface area contributed by atoms with Gasteiger partial charge in [0.25, 0.3) is 0 Å². The maximum absolute atomic E-state index is 13.4. The molecule has 0 radical (unpaired) electrons. The molecule has 10 heteroatoms. The second-order valence-electron chi connectivity index (χ2n) is 7.94. The van der Waals surface area contributed by atoms with E-state index < -0.39 is 17.8 Å². The first-order valence-corrected chi connectivity index (χ1v) is 12.4. The highest BCUT2D eigenvalue weighted by Gasteiger charge is 2.30. The first kappa shape index (κ1) is 25.6. The van der Waals surface area contributed by atoms with Gasteiger partial charge in [-0.05, 0) is 49.2 Å². The first-order chi connectivity index (χ1) is 17.3. The number of alkyl halides is 3. The highest BCUT2D eigenvalue weighted by molar-refractivity contribution is 7.98. The number of nitrogens with zero attached hydrogens (tertiary/aromatic N) is 3. The molecule has 0 saturated heterocycles. The summed E-state index contributed by atoms with van der Waals surface area (Å²) in [5.74, 6) is 0.546. The Kier molecular flexibility index (Phi) is 7.83. The van der Waals surface area contributed by atoms with Crippen LogP contribution in [0.15, 0.2) is 72.0 Å². The van der Waals surface area contributed by atoms with E-state index in [-0.39, 0.29) is 11.7 Å². The number of pyridine rings is 1. The lowest BCUT2D eigenvalue weighted by Gasteiger charge is -2.20. The van der Waals surface area contributed by atoms with E-state index in [0.717, 1.165) is 12.1 Å². The Morgan fingerprint density at radius 2 is 1.92 bits per heavy atom. The topological polar surface area (TPSA) is 69.0 Å². The van der Waals surface area contributed by atoms with Crippen molar-refractivity contribution in [3.8, 4) is 5.75 Å². The predicted octanol–water partition coefficient (Wildman–Crippen LogP) is 6.73. The van der Waals surface area contributed by atoms with Crippen LogP contribution in [-0.2, 0) is 16.7 Å². The minimum absolute atomic E-state index is 0.248. The molecule has 1 N–H and O–H groups in total. The quantitative estimate of drug-likeness (QED) is 0.251. The van der Waals surface area contributed by atoms with Gasteiger partial charge >= 0.3 is 6.18 Å². The number of amides is 1. The average molecular weight is 515 g/mol. The van der Waals surface area contributed by atoms with Gasteiger partial charge in [0.1, 0.15) is 17.3 Å². The van der Waals surface area contributed by atoms with Gasteiger partial charge in [-0.3, -0.25) is 9.36 Å². The van der Waals surface area contributed by atoms with Crippen molar-refractivity contribution in [1.82, 2.24) is 14.5 Å². The molecule has 36 heavy (non-hydrogen) atoms. The van der Waals surface area contributed by atoms with Gasteiger partial charge in [0.15, 0.2) is 10.8 Å². The van der Waals surface area contributed by atoms with Gasteiger partial charge in [-0.25, -0.2) is 9.97 Å². The number of hydrogen-bond donors (Lipinski definition) is 1. The Balaban J connectivity index is 1.65. The Morgan fingerprint density at radius 3 is 2.67 bits per heavy atom. The molecule has 1 amide bonds. The molecule has 188 valence electrons. The van der Waals surface area contributed by atoms with Crippen LogP contribution in [0.1, 0.15) is 37.4 Å². The van der Waals surface area contributed by atoms with Gasteiger partial charge in [0.2, 0.25) is 5.91 Å². The second kappa shape index (κ2) is 11.0. The molecule has 1 atom stereocenters. The van der Waals surface area contributed by atoms with Gasteiger partial charge in [0, 0.05) is 11.9 Å². The SMILES string of the molecule is CCOc1ccccc1NC(=O)C(CC)n1c(SCc2cccc(C(F)(F)F)c2)nc2cccnc21. The Labute approximate surface area is 210 Å². The number of rotatable bonds is 9. The van der Waals surface area contributed by atoms with Gasteiger partial charge < -0.3 is 10.1 Å². The summed E-state index contributed by atoms with van der Waals surface area (Å²) in [6.45, 7) is 4.20. The number of fused-ring (bicyclic) bond motifs is 1. The number of carbonyl (C=O) groups excluding carboxylic acids is 1. The Bertz CT molecular complexity index is 1360. The van der Waals surface area contributed by atoms with Crippen LogP contribution in [0.4, 0.5) is 18.9 Å². The maximum Gasteiger partial charge on any atom is 0.416 e. The van der Waals surface area contributed by atoms with E-state index in [9.17, 15) is 18.0 Å². The standard InChI is InChI=1S/C26H25F3N4O2S/c1-3-21(24(34)31-19-11-5-6-13-22(19)35-4-2)33-23-20(12-8-14-30-23)32-25(33)36-16-17-9-7-10-18(15-17)26(27,28)29/h5-15,21H,3-4,16H2,1-2H3,(H,31,34). The molecule has 0 aliphatic rings. The van der Waals surface area contributed by atoms with Gasteiger partial charge in [0.05, 0.1) is 17.9 Å².